The van der Waals surface area contributed by atoms with E-state index < -0.39 is 6.04 Å². The van der Waals surface area contributed by atoms with Crippen molar-refractivity contribution in [3.8, 4) is 5.75 Å². The molecule has 3 nitrogen and oxygen atoms in total. The van der Waals surface area contributed by atoms with Crippen LogP contribution in [0.25, 0.3) is 0 Å². The molecule has 0 heterocycles. The van der Waals surface area contributed by atoms with Crippen LogP contribution in [0.4, 0.5) is 0 Å². The molecule has 13 heavy (non-hydrogen) atoms. The Bertz CT molecular complexity index is 310. The van der Waals surface area contributed by atoms with Gasteiger partial charge in [-0.15, -0.1) is 0 Å². The van der Waals surface area contributed by atoms with Crippen molar-refractivity contribution in [2.45, 2.75) is 12.5 Å². The van der Waals surface area contributed by atoms with Gasteiger partial charge in [-0.3, -0.25) is 0 Å². The Balaban J connectivity index is 2.74. The van der Waals surface area contributed by atoms with Crippen LogP contribution in [0.3, 0.4) is 0 Å². The van der Waals surface area contributed by atoms with Crippen LogP contribution in [0, 0.1) is 0 Å². The van der Waals surface area contributed by atoms with E-state index in [2.05, 4.69) is 6.58 Å². The molecule has 3 heteroatoms. The fraction of sp³-hybridized carbons (Fsp3) is 0.200. The lowest BCUT2D eigenvalue weighted by molar-refractivity contribution is 0.366. The second kappa shape index (κ2) is 3.96. The molecule has 1 atom stereocenters. The van der Waals surface area contributed by atoms with Gasteiger partial charge in [-0.2, -0.15) is 0 Å². The van der Waals surface area contributed by atoms with Crippen molar-refractivity contribution in [2.24, 2.45) is 5.73 Å². The van der Waals surface area contributed by atoms with Gasteiger partial charge < -0.3 is 15.9 Å². The minimum Gasteiger partial charge on any atom is -0.511 e. The van der Waals surface area contributed by atoms with Gasteiger partial charge in [0.25, 0.3) is 0 Å². The molecule has 0 saturated carbocycles. The van der Waals surface area contributed by atoms with Crippen LogP contribution in [0.5, 0.6) is 5.75 Å². The van der Waals surface area contributed by atoms with E-state index in [0.29, 0.717) is 12.0 Å². The van der Waals surface area contributed by atoms with Crippen molar-refractivity contribution < 1.29 is 10.2 Å². The van der Waals surface area contributed by atoms with Gasteiger partial charge in [-0.25, -0.2) is 0 Å². The minimum atomic E-state index is -0.520. The Morgan fingerprint density at radius 2 is 2.08 bits per heavy atom. The van der Waals surface area contributed by atoms with Crippen LogP contribution < -0.4 is 5.73 Å². The van der Waals surface area contributed by atoms with Crippen molar-refractivity contribution in [3.05, 3.63) is 42.2 Å². The highest BCUT2D eigenvalue weighted by Crippen LogP contribution is 2.17. The number of hydrogen-bond acceptors (Lipinski definition) is 3. The van der Waals surface area contributed by atoms with Crippen LogP contribution in [0.1, 0.15) is 5.56 Å². The Hall–Kier alpha value is -1.48. The zero-order valence-electron chi connectivity index (χ0n) is 7.27. The third-order valence-corrected chi connectivity index (χ3v) is 1.86. The van der Waals surface area contributed by atoms with Crippen molar-refractivity contribution in [3.63, 3.8) is 0 Å². The topological polar surface area (TPSA) is 66.5 Å². The summed E-state index contributed by atoms with van der Waals surface area (Å²) in [7, 11) is 0. The smallest absolute Gasteiger partial charge is 0.118 e. The highest BCUT2D eigenvalue weighted by molar-refractivity contribution is 5.33. The number of para-hydroxylation sites is 1. The summed E-state index contributed by atoms with van der Waals surface area (Å²) in [6.45, 7) is 3.33. The van der Waals surface area contributed by atoms with Crippen molar-refractivity contribution in [1.29, 1.82) is 0 Å². The maximum Gasteiger partial charge on any atom is 0.118 e. The van der Waals surface area contributed by atoms with Gasteiger partial charge in [-0.05, 0) is 18.1 Å². The van der Waals surface area contributed by atoms with E-state index in [4.69, 9.17) is 10.8 Å². The van der Waals surface area contributed by atoms with Gasteiger partial charge in [0.2, 0.25) is 0 Å². The zero-order valence-corrected chi connectivity index (χ0v) is 7.27. The second-order valence-electron chi connectivity index (χ2n) is 2.93. The number of aromatic hydroxyl groups is 1. The summed E-state index contributed by atoms with van der Waals surface area (Å²) >= 11 is 0. The number of phenols is 1. The summed E-state index contributed by atoms with van der Waals surface area (Å²) in [6, 6.07) is 6.37. The van der Waals surface area contributed by atoms with Gasteiger partial charge in [0.05, 0.1) is 6.04 Å². The number of aliphatic hydroxyl groups is 1. The van der Waals surface area contributed by atoms with Gasteiger partial charge >= 0.3 is 0 Å². The first-order valence-corrected chi connectivity index (χ1v) is 4.01. The molecule has 1 aromatic carbocycles. The maximum atomic E-state index is 9.37. The van der Waals surface area contributed by atoms with E-state index in [0.717, 1.165) is 0 Å². The molecule has 0 aliphatic rings. The molecule has 1 rings (SSSR count). The third-order valence-electron chi connectivity index (χ3n) is 1.86. The van der Waals surface area contributed by atoms with Crippen LogP contribution in [0.15, 0.2) is 36.6 Å². The number of rotatable bonds is 3. The van der Waals surface area contributed by atoms with Crippen molar-refractivity contribution in [2.75, 3.05) is 0 Å². The summed E-state index contributed by atoms with van der Waals surface area (Å²) < 4.78 is 0. The summed E-state index contributed by atoms with van der Waals surface area (Å²) in [4.78, 5) is 0. The predicted octanol–water partition coefficient (Wildman–Crippen LogP) is 1.33. The van der Waals surface area contributed by atoms with Crippen molar-refractivity contribution >= 4 is 0 Å². The largest absolute Gasteiger partial charge is 0.511 e. The average molecular weight is 179 g/mol. The fourth-order valence-corrected chi connectivity index (χ4v) is 1.04. The Kier molecular flexibility index (Phi) is 2.93. The molecule has 0 fully saturated rings. The molecule has 0 saturated heterocycles. The lowest BCUT2D eigenvalue weighted by atomic mass is 10.0. The highest BCUT2D eigenvalue weighted by Gasteiger charge is 2.08. The summed E-state index contributed by atoms with van der Waals surface area (Å²) in [5.74, 6) is 0.127. The standard InChI is InChI=1S/C10H13NO2/c1-7(12)9(11)6-8-4-2-3-5-10(8)13/h2-5,9,12-13H,1,6,11H2. The van der Waals surface area contributed by atoms with Gasteiger partial charge in [0.15, 0.2) is 0 Å². The molecule has 1 unspecified atom stereocenters. The monoisotopic (exact) mass is 179 g/mol. The first kappa shape index (κ1) is 9.61. The molecule has 0 bridgehead atoms. The predicted molar refractivity (Wildman–Crippen MR) is 51.6 cm³/mol. The number of nitrogens with two attached hydrogens (primary N) is 1. The fourth-order valence-electron chi connectivity index (χ4n) is 1.04. The van der Waals surface area contributed by atoms with Gasteiger partial charge in [0.1, 0.15) is 11.5 Å². The summed E-state index contributed by atoms with van der Waals surface area (Å²) in [5.41, 5.74) is 6.27. The van der Waals surface area contributed by atoms with E-state index >= 15 is 0 Å². The number of phenolic OH excluding ortho intramolecular Hbond substituents is 1. The lowest BCUT2D eigenvalue weighted by Crippen LogP contribution is -2.24. The van der Waals surface area contributed by atoms with E-state index in [9.17, 15) is 5.11 Å². The summed E-state index contributed by atoms with van der Waals surface area (Å²) in [5, 5.41) is 18.3. The van der Waals surface area contributed by atoms with E-state index in [-0.39, 0.29) is 11.5 Å². The molecular formula is C10H13NO2. The highest BCUT2D eigenvalue weighted by atomic mass is 16.3. The normalized spacial score (nSPS) is 12.4. The van der Waals surface area contributed by atoms with E-state index in [1.807, 2.05) is 6.07 Å². The molecule has 0 radical (unpaired) electrons. The number of aliphatic hydroxyl groups excluding tert-OH is 1. The van der Waals surface area contributed by atoms with Crippen LogP contribution >= 0.6 is 0 Å². The molecule has 0 amide bonds. The number of benzene rings is 1. The zero-order chi connectivity index (χ0) is 9.84. The Morgan fingerprint density at radius 3 is 2.62 bits per heavy atom. The first-order chi connectivity index (χ1) is 6.11. The Labute approximate surface area is 77.1 Å². The van der Waals surface area contributed by atoms with Gasteiger partial charge in [0, 0.05) is 0 Å². The van der Waals surface area contributed by atoms with Crippen molar-refractivity contribution in [1.82, 2.24) is 0 Å². The lowest BCUT2D eigenvalue weighted by Gasteiger charge is -2.10. The molecule has 4 N–H and O–H groups in total. The maximum absolute atomic E-state index is 9.37. The summed E-state index contributed by atoms with van der Waals surface area (Å²) in [6.07, 6.45) is 0.391. The quantitative estimate of drug-likeness (QED) is 0.613. The van der Waals surface area contributed by atoms with E-state index in [1.54, 1.807) is 18.2 Å². The van der Waals surface area contributed by atoms with Crippen LogP contribution in [0.2, 0.25) is 0 Å². The molecule has 0 aliphatic carbocycles. The molecule has 70 valence electrons. The minimum absolute atomic E-state index is 0.0664. The second-order valence-corrected chi connectivity index (χ2v) is 2.93. The average Bonchev–Trinajstić information content (AvgIpc) is 2.08. The molecule has 0 aliphatic heterocycles. The molecule has 0 aromatic heterocycles. The first-order valence-electron chi connectivity index (χ1n) is 4.01. The molecule has 1 aromatic rings. The third kappa shape index (κ3) is 2.49. The van der Waals surface area contributed by atoms with E-state index in [1.165, 1.54) is 0 Å². The van der Waals surface area contributed by atoms with Gasteiger partial charge in [-0.1, -0.05) is 24.8 Å². The molecule has 0 spiro atoms. The Morgan fingerprint density at radius 1 is 1.46 bits per heavy atom. The number of hydrogen-bond donors (Lipinski definition) is 3. The van der Waals surface area contributed by atoms with Crippen LogP contribution in [-0.2, 0) is 6.42 Å². The molecular weight excluding hydrogens is 166 g/mol. The SMILES string of the molecule is C=C(O)C(N)Cc1ccccc1O. The van der Waals surface area contributed by atoms with Crippen LogP contribution in [-0.4, -0.2) is 16.3 Å².